The van der Waals surface area contributed by atoms with Crippen LogP contribution in [0.5, 0.6) is 0 Å². The first-order valence-electron chi connectivity index (χ1n) is 8.72. The third kappa shape index (κ3) is 3.53. The Morgan fingerprint density at radius 1 is 1.30 bits per heavy atom. The molecule has 9 heteroatoms. The number of aryl methyl sites for hydroxylation is 2. The van der Waals surface area contributed by atoms with Gasteiger partial charge in [0.05, 0.1) is 23.2 Å². The van der Waals surface area contributed by atoms with Gasteiger partial charge in [-0.3, -0.25) is 9.59 Å². The molecule has 3 aromatic heterocycles. The molecule has 27 heavy (non-hydrogen) atoms. The zero-order valence-corrected chi connectivity index (χ0v) is 15.3. The first-order chi connectivity index (χ1) is 12.8. The zero-order chi connectivity index (χ0) is 19.2. The molecule has 1 aliphatic carbocycles. The molecule has 1 amide bonds. The van der Waals surface area contributed by atoms with Gasteiger partial charge in [-0.25, -0.2) is 9.97 Å². The summed E-state index contributed by atoms with van der Waals surface area (Å²) in [7, 11) is 0. The minimum absolute atomic E-state index is 0.00868. The monoisotopic (exact) mass is 368 g/mol. The fraction of sp³-hybridized carbons (Fsp3) is 0.389. The highest BCUT2D eigenvalue weighted by atomic mass is 16.3. The van der Waals surface area contributed by atoms with Crippen molar-refractivity contribution >= 4 is 22.8 Å². The van der Waals surface area contributed by atoms with Crippen molar-refractivity contribution in [3.63, 3.8) is 0 Å². The molecule has 0 radical (unpaired) electrons. The van der Waals surface area contributed by atoms with Gasteiger partial charge in [0, 0.05) is 11.6 Å². The zero-order valence-electron chi connectivity index (χ0n) is 15.3. The number of furan rings is 1. The van der Waals surface area contributed by atoms with Crippen LogP contribution in [-0.4, -0.2) is 31.4 Å². The predicted octanol–water partition coefficient (Wildman–Crippen LogP) is 1.82. The Morgan fingerprint density at radius 3 is 2.78 bits per heavy atom. The number of aromatic nitrogens is 4. The van der Waals surface area contributed by atoms with Crippen LogP contribution in [-0.2, 0) is 6.54 Å². The third-order valence-electron chi connectivity index (χ3n) is 4.55. The molecule has 9 nitrogen and oxygen atoms in total. The first kappa shape index (κ1) is 17.2. The van der Waals surface area contributed by atoms with Crippen molar-refractivity contribution in [3.05, 3.63) is 45.6 Å². The van der Waals surface area contributed by atoms with Gasteiger partial charge in [0.1, 0.15) is 23.7 Å². The molecule has 1 saturated carbocycles. The average molecular weight is 368 g/mol. The number of fused-ring (bicyclic) bond motifs is 1. The van der Waals surface area contributed by atoms with Crippen LogP contribution in [0.4, 0.5) is 5.82 Å². The van der Waals surface area contributed by atoms with Crippen molar-refractivity contribution in [1.82, 2.24) is 25.3 Å². The number of aromatic amines is 1. The van der Waals surface area contributed by atoms with E-state index in [0.717, 1.165) is 12.8 Å². The van der Waals surface area contributed by atoms with Crippen LogP contribution in [0.3, 0.4) is 0 Å². The Labute approximate surface area is 154 Å². The number of nitrogens with one attached hydrogen (secondary N) is 3. The molecule has 0 bridgehead atoms. The molecule has 0 spiro atoms. The lowest BCUT2D eigenvalue weighted by atomic mass is 10.2. The van der Waals surface area contributed by atoms with Gasteiger partial charge in [0.2, 0.25) is 5.71 Å². The van der Waals surface area contributed by atoms with Gasteiger partial charge in [-0.05, 0) is 33.6 Å². The largest absolute Gasteiger partial charge is 0.445 e. The molecule has 0 atom stereocenters. The molecule has 3 aromatic rings. The molecule has 0 aliphatic heterocycles. The summed E-state index contributed by atoms with van der Waals surface area (Å²) < 4.78 is 5.49. The van der Waals surface area contributed by atoms with Crippen molar-refractivity contribution in [2.75, 3.05) is 5.32 Å². The molecular weight excluding hydrogens is 348 g/mol. The standard InChI is InChI=1S/C18H20N6O3/c1-9-20-11(6-13(25)21-9)7-19-16(26)12-8-27-17-14(12)15(22-10(2)23-17)24-18(3)4-5-18/h6,8H,4-5,7H2,1-3H3,(H,19,26)(H,20,21,25)(H,22,23,24). The Bertz CT molecular complexity index is 1100. The Hall–Kier alpha value is -3.23. The number of hydrogen-bond donors (Lipinski definition) is 3. The highest BCUT2D eigenvalue weighted by Crippen LogP contribution is 2.39. The van der Waals surface area contributed by atoms with Gasteiger partial charge < -0.3 is 20.0 Å². The second kappa shape index (κ2) is 6.19. The third-order valence-corrected chi connectivity index (χ3v) is 4.55. The van der Waals surface area contributed by atoms with Gasteiger partial charge in [-0.2, -0.15) is 4.98 Å². The number of nitrogens with zero attached hydrogens (tertiary/aromatic N) is 3. The molecule has 3 N–H and O–H groups in total. The van der Waals surface area contributed by atoms with E-state index >= 15 is 0 Å². The second-order valence-electron chi connectivity index (χ2n) is 7.14. The van der Waals surface area contributed by atoms with Crippen molar-refractivity contribution in [2.24, 2.45) is 0 Å². The van der Waals surface area contributed by atoms with Gasteiger partial charge in [-0.15, -0.1) is 0 Å². The van der Waals surface area contributed by atoms with Gasteiger partial charge in [-0.1, -0.05) is 0 Å². The fourth-order valence-electron chi connectivity index (χ4n) is 2.90. The quantitative estimate of drug-likeness (QED) is 0.627. The molecule has 0 aromatic carbocycles. The number of rotatable bonds is 5. The number of H-pyrrole nitrogens is 1. The fourth-order valence-corrected chi connectivity index (χ4v) is 2.90. The van der Waals surface area contributed by atoms with Crippen molar-refractivity contribution < 1.29 is 9.21 Å². The van der Waals surface area contributed by atoms with E-state index in [0.29, 0.717) is 39.8 Å². The molecule has 3 heterocycles. The molecule has 0 unspecified atom stereocenters. The predicted molar refractivity (Wildman–Crippen MR) is 98.6 cm³/mol. The number of anilines is 1. The van der Waals surface area contributed by atoms with E-state index in [1.807, 2.05) is 0 Å². The summed E-state index contributed by atoms with van der Waals surface area (Å²) in [5.41, 5.74) is 0.926. The topological polar surface area (TPSA) is 126 Å². The van der Waals surface area contributed by atoms with Crippen LogP contribution >= 0.6 is 0 Å². The van der Waals surface area contributed by atoms with E-state index in [-0.39, 0.29) is 23.6 Å². The van der Waals surface area contributed by atoms with E-state index in [4.69, 9.17) is 4.42 Å². The van der Waals surface area contributed by atoms with Crippen molar-refractivity contribution in [3.8, 4) is 0 Å². The SMILES string of the molecule is Cc1nc(NC2(C)CC2)c2c(C(=O)NCc3cc(=O)[nH]c(C)n3)coc2n1. The van der Waals surface area contributed by atoms with Crippen molar-refractivity contribution in [1.29, 1.82) is 0 Å². The Balaban J connectivity index is 1.62. The summed E-state index contributed by atoms with van der Waals surface area (Å²) >= 11 is 0. The second-order valence-corrected chi connectivity index (χ2v) is 7.14. The summed E-state index contributed by atoms with van der Waals surface area (Å²) in [4.78, 5) is 39.8. The number of carbonyl (C=O) groups is 1. The minimum atomic E-state index is -0.343. The smallest absolute Gasteiger partial charge is 0.255 e. The van der Waals surface area contributed by atoms with Crippen LogP contribution in [0.2, 0.25) is 0 Å². The Morgan fingerprint density at radius 2 is 2.07 bits per heavy atom. The minimum Gasteiger partial charge on any atom is -0.445 e. The molecule has 4 rings (SSSR count). The van der Waals surface area contributed by atoms with Gasteiger partial charge in [0.25, 0.3) is 11.5 Å². The number of carbonyl (C=O) groups excluding carboxylic acids is 1. The maximum Gasteiger partial charge on any atom is 0.255 e. The average Bonchev–Trinajstić information content (AvgIpc) is 3.14. The van der Waals surface area contributed by atoms with E-state index in [1.54, 1.807) is 13.8 Å². The summed E-state index contributed by atoms with van der Waals surface area (Å²) in [6, 6.07) is 1.36. The summed E-state index contributed by atoms with van der Waals surface area (Å²) in [5, 5.41) is 6.72. The molecule has 0 saturated heterocycles. The van der Waals surface area contributed by atoms with Crippen LogP contribution in [0, 0.1) is 13.8 Å². The maximum atomic E-state index is 12.7. The van der Waals surface area contributed by atoms with Crippen LogP contribution in [0.25, 0.3) is 11.1 Å². The lowest BCUT2D eigenvalue weighted by molar-refractivity contribution is 0.0951. The van der Waals surface area contributed by atoms with E-state index < -0.39 is 0 Å². The summed E-state index contributed by atoms with van der Waals surface area (Å²) in [6.45, 7) is 5.70. The highest BCUT2D eigenvalue weighted by molar-refractivity contribution is 6.08. The molecule has 1 fully saturated rings. The van der Waals surface area contributed by atoms with Crippen molar-refractivity contribution in [2.45, 2.75) is 45.7 Å². The van der Waals surface area contributed by atoms with Crippen LogP contribution in [0.1, 0.15) is 47.5 Å². The van der Waals surface area contributed by atoms with Crippen LogP contribution in [0.15, 0.2) is 21.5 Å². The van der Waals surface area contributed by atoms with Gasteiger partial charge in [0.15, 0.2) is 0 Å². The lowest BCUT2D eigenvalue weighted by Gasteiger charge is -2.14. The lowest BCUT2D eigenvalue weighted by Crippen LogP contribution is -2.25. The Kier molecular flexibility index (Phi) is 3.94. The normalized spacial score (nSPS) is 14.9. The van der Waals surface area contributed by atoms with Crippen LogP contribution < -0.4 is 16.2 Å². The molecule has 1 aliphatic rings. The summed E-state index contributed by atoms with van der Waals surface area (Å²) in [5.74, 6) is 1.32. The highest BCUT2D eigenvalue weighted by Gasteiger charge is 2.38. The summed E-state index contributed by atoms with van der Waals surface area (Å²) in [6.07, 6.45) is 3.47. The first-order valence-corrected chi connectivity index (χ1v) is 8.72. The number of hydrogen-bond acceptors (Lipinski definition) is 7. The van der Waals surface area contributed by atoms with E-state index in [2.05, 4.69) is 37.5 Å². The number of amides is 1. The molecule has 140 valence electrons. The van der Waals surface area contributed by atoms with E-state index in [9.17, 15) is 9.59 Å². The van der Waals surface area contributed by atoms with Gasteiger partial charge >= 0.3 is 0 Å². The van der Waals surface area contributed by atoms with E-state index in [1.165, 1.54) is 12.3 Å². The molecular formula is C18H20N6O3. The maximum absolute atomic E-state index is 12.7.